The smallest absolute Gasteiger partial charge is 0.406 e. The van der Waals surface area contributed by atoms with Crippen LogP contribution in [0.4, 0.5) is 18.0 Å². The average molecular weight is 295 g/mol. The van der Waals surface area contributed by atoms with Crippen molar-refractivity contribution in [2.45, 2.75) is 12.3 Å². The molecule has 0 aromatic heterocycles. The van der Waals surface area contributed by atoms with E-state index in [0.717, 1.165) is 4.90 Å². The Balaban J connectivity index is 2.76. The highest BCUT2D eigenvalue weighted by molar-refractivity contribution is 5.80. The van der Waals surface area contributed by atoms with Gasteiger partial charge in [-0.05, 0) is 0 Å². The summed E-state index contributed by atoms with van der Waals surface area (Å²) in [6.07, 6.45) is -5.63. The molecule has 0 aromatic rings. The van der Waals surface area contributed by atoms with Gasteiger partial charge in [-0.3, -0.25) is 4.79 Å². The molecule has 1 N–H and O–H groups in total. The van der Waals surface area contributed by atoms with E-state index in [2.05, 4.69) is 0 Å². The molecule has 112 valence electrons. The van der Waals surface area contributed by atoms with Crippen molar-refractivity contribution in [1.29, 1.82) is 5.26 Å². The first-order valence-electron chi connectivity index (χ1n) is 5.56. The number of nitriles is 1. The van der Waals surface area contributed by atoms with E-state index in [-0.39, 0.29) is 24.6 Å². The van der Waals surface area contributed by atoms with Crippen molar-refractivity contribution in [2.75, 3.05) is 32.8 Å². The molecule has 0 saturated carbocycles. The minimum Gasteiger partial charge on any atom is -0.480 e. The zero-order valence-corrected chi connectivity index (χ0v) is 10.3. The number of halogens is 3. The van der Waals surface area contributed by atoms with Gasteiger partial charge in [0.2, 0.25) is 0 Å². The maximum absolute atomic E-state index is 12.3. The van der Waals surface area contributed by atoms with Gasteiger partial charge in [0.1, 0.15) is 13.1 Å². The molecule has 1 fully saturated rings. The fourth-order valence-corrected chi connectivity index (χ4v) is 1.67. The molecule has 7 nitrogen and oxygen atoms in total. The Kier molecular flexibility index (Phi) is 5.15. The number of nitrogens with zero attached hydrogens (tertiary/aromatic N) is 3. The molecule has 2 amide bonds. The number of aliphatic carboxylic acids is 1. The van der Waals surface area contributed by atoms with E-state index in [1.165, 1.54) is 0 Å². The predicted octanol–water partition coefficient (Wildman–Crippen LogP) is 0.280. The van der Waals surface area contributed by atoms with Crippen LogP contribution in [-0.4, -0.2) is 72.0 Å². The van der Waals surface area contributed by atoms with Crippen molar-refractivity contribution in [3.8, 4) is 6.07 Å². The zero-order chi connectivity index (χ0) is 15.3. The fourth-order valence-electron chi connectivity index (χ4n) is 1.67. The van der Waals surface area contributed by atoms with Gasteiger partial charge in [-0.2, -0.15) is 18.4 Å². The van der Waals surface area contributed by atoms with Crippen LogP contribution in [0.3, 0.4) is 0 Å². The van der Waals surface area contributed by atoms with Crippen molar-refractivity contribution in [3.05, 3.63) is 0 Å². The molecule has 1 rings (SSSR count). The van der Waals surface area contributed by atoms with Gasteiger partial charge < -0.3 is 19.6 Å². The number of amides is 2. The molecule has 20 heavy (non-hydrogen) atoms. The highest BCUT2D eigenvalue weighted by Gasteiger charge is 2.36. The maximum atomic E-state index is 12.3. The average Bonchev–Trinajstić information content (AvgIpc) is 2.35. The van der Waals surface area contributed by atoms with E-state index in [0.29, 0.717) is 0 Å². The van der Waals surface area contributed by atoms with Crippen LogP contribution in [0.1, 0.15) is 0 Å². The van der Waals surface area contributed by atoms with Crippen LogP contribution in [0.15, 0.2) is 0 Å². The van der Waals surface area contributed by atoms with Gasteiger partial charge in [0.25, 0.3) is 0 Å². The number of carboxylic acids is 1. The third-order valence-corrected chi connectivity index (χ3v) is 2.45. The molecule has 1 saturated heterocycles. The maximum Gasteiger partial charge on any atom is 0.406 e. The number of hydrogen-bond donors (Lipinski definition) is 1. The third-order valence-electron chi connectivity index (χ3n) is 2.45. The molecule has 10 heteroatoms. The van der Waals surface area contributed by atoms with E-state index in [1.54, 1.807) is 6.07 Å². The molecule has 0 aromatic carbocycles. The minimum atomic E-state index is -4.70. The van der Waals surface area contributed by atoms with Gasteiger partial charge >= 0.3 is 18.2 Å². The lowest BCUT2D eigenvalue weighted by atomic mass is 10.3. The topological polar surface area (TPSA) is 93.9 Å². The largest absolute Gasteiger partial charge is 0.480 e. The van der Waals surface area contributed by atoms with Crippen molar-refractivity contribution in [2.24, 2.45) is 0 Å². The fraction of sp³-hybridized carbons (Fsp3) is 0.700. The summed E-state index contributed by atoms with van der Waals surface area (Å²) >= 11 is 0. The molecule has 0 spiro atoms. The van der Waals surface area contributed by atoms with Crippen molar-refractivity contribution < 1.29 is 32.6 Å². The second kappa shape index (κ2) is 6.42. The van der Waals surface area contributed by atoms with Crippen molar-refractivity contribution in [3.63, 3.8) is 0 Å². The molecular weight excluding hydrogens is 283 g/mol. The van der Waals surface area contributed by atoms with Gasteiger partial charge in [0, 0.05) is 6.54 Å². The van der Waals surface area contributed by atoms with Crippen LogP contribution >= 0.6 is 0 Å². The summed E-state index contributed by atoms with van der Waals surface area (Å²) in [4.78, 5) is 23.6. The summed E-state index contributed by atoms with van der Waals surface area (Å²) in [6, 6.07) is 0.668. The first-order valence-corrected chi connectivity index (χ1v) is 5.56. The molecule has 0 aliphatic carbocycles. The van der Waals surface area contributed by atoms with Crippen LogP contribution in [0, 0.1) is 11.3 Å². The number of rotatable bonds is 3. The lowest BCUT2D eigenvalue weighted by molar-refractivity contribution is -0.150. The minimum absolute atomic E-state index is 0.00495. The van der Waals surface area contributed by atoms with Gasteiger partial charge in [-0.15, -0.1) is 0 Å². The molecule has 0 radical (unpaired) electrons. The van der Waals surface area contributed by atoms with Crippen LogP contribution < -0.4 is 0 Å². The number of morpholine rings is 1. The van der Waals surface area contributed by atoms with Gasteiger partial charge in [-0.25, -0.2) is 4.79 Å². The molecule has 1 aliphatic rings. The Hall–Kier alpha value is -2.02. The van der Waals surface area contributed by atoms with E-state index >= 15 is 0 Å². The summed E-state index contributed by atoms with van der Waals surface area (Å²) in [5.41, 5.74) is 0. The second-order valence-corrected chi connectivity index (χ2v) is 4.08. The number of carboxylic acid groups (broad SMARTS) is 1. The van der Waals surface area contributed by atoms with Crippen molar-refractivity contribution >= 4 is 12.0 Å². The van der Waals surface area contributed by atoms with E-state index < -0.39 is 37.4 Å². The number of carbonyl (C=O) groups is 2. The number of carbonyl (C=O) groups excluding carboxylic acids is 1. The second-order valence-electron chi connectivity index (χ2n) is 4.08. The molecule has 1 aliphatic heterocycles. The van der Waals surface area contributed by atoms with Crippen molar-refractivity contribution in [1.82, 2.24) is 9.80 Å². The Morgan fingerprint density at radius 3 is 2.65 bits per heavy atom. The summed E-state index contributed by atoms with van der Waals surface area (Å²) in [7, 11) is 0. The van der Waals surface area contributed by atoms with Gasteiger partial charge in [0.05, 0.1) is 19.2 Å². The SMILES string of the molecule is N#CC1CN(C(=O)N(CC(=O)O)CC(F)(F)F)CCO1. The molecule has 1 heterocycles. The van der Waals surface area contributed by atoms with Crippen LogP contribution in [0.25, 0.3) is 0 Å². The lowest BCUT2D eigenvalue weighted by Gasteiger charge is -2.34. The van der Waals surface area contributed by atoms with E-state index in [4.69, 9.17) is 15.1 Å². The van der Waals surface area contributed by atoms with Crippen LogP contribution in [0.2, 0.25) is 0 Å². The Labute approximate surface area is 112 Å². The Bertz CT molecular complexity index is 421. The monoisotopic (exact) mass is 295 g/mol. The third kappa shape index (κ3) is 4.93. The van der Waals surface area contributed by atoms with Crippen LogP contribution in [0.5, 0.6) is 0 Å². The molecule has 0 bridgehead atoms. The number of hydrogen-bond acceptors (Lipinski definition) is 4. The Morgan fingerprint density at radius 1 is 1.50 bits per heavy atom. The zero-order valence-electron chi connectivity index (χ0n) is 10.3. The van der Waals surface area contributed by atoms with E-state index in [9.17, 15) is 22.8 Å². The lowest BCUT2D eigenvalue weighted by Crippen LogP contribution is -2.53. The van der Waals surface area contributed by atoms with Gasteiger partial charge in [0.15, 0.2) is 6.10 Å². The quantitative estimate of drug-likeness (QED) is 0.807. The summed E-state index contributed by atoms with van der Waals surface area (Å²) in [5, 5.41) is 17.2. The van der Waals surface area contributed by atoms with E-state index in [1.807, 2.05) is 0 Å². The summed E-state index contributed by atoms with van der Waals surface area (Å²) in [6.45, 7) is -2.90. The summed E-state index contributed by atoms with van der Waals surface area (Å²) < 4.78 is 42.0. The summed E-state index contributed by atoms with van der Waals surface area (Å²) in [5.74, 6) is -1.55. The number of urea groups is 1. The Morgan fingerprint density at radius 2 is 2.15 bits per heavy atom. The molecule has 1 atom stereocenters. The highest BCUT2D eigenvalue weighted by Crippen LogP contribution is 2.18. The first-order chi connectivity index (χ1) is 9.23. The normalized spacial score (nSPS) is 19.3. The van der Waals surface area contributed by atoms with Crippen LogP contribution in [-0.2, 0) is 9.53 Å². The number of ether oxygens (including phenoxy) is 1. The highest BCUT2D eigenvalue weighted by atomic mass is 19.4. The predicted molar refractivity (Wildman–Crippen MR) is 57.6 cm³/mol. The first kappa shape index (κ1) is 16.0. The molecule has 1 unspecified atom stereocenters. The number of alkyl halides is 3. The van der Waals surface area contributed by atoms with Gasteiger partial charge in [-0.1, -0.05) is 0 Å². The standard InChI is InChI=1S/C10H12F3N3O4/c11-10(12,13)6-16(5-8(17)18)9(19)15-1-2-20-7(3-14)4-15/h7H,1-2,4-6H2,(H,17,18). The molecular formula is C10H12F3N3O4.